The Balaban J connectivity index is 1.71. The predicted molar refractivity (Wildman–Crippen MR) is 111 cm³/mol. The van der Waals surface area contributed by atoms with Gasteiger partial charge in [0.2, 0.25) is 0 Å². The van der Waals surface area contributed by atoms with Crippen LogP contribution in [-0.2, 0) is 10.1 Å². The molecule has 0 aliphatic carbocycles. The van der Waals surface area contributed by atoms with Crippen molar-refractivity contribution in [2.75, 3.05) is 11.1 Å². The quantitative estimate of drug-likeness (QED) is 0.339. The first-order valence-corrected chi connectivity index (χ1v) is 11.3. The summed E-state index contributed by atoms with van der Waals surface area (Å²) in [6.45, 7) is 1.80. The van der Waals surface area contributed by atoms with Crippen molar-refractivity contribution in [1.82, 2.24) is 19.9 Å². The Bertz CT molecular complexity index is 1380. The fourth-order valence-corrected chi connectivity index (χ4v) is 5.45. The van der Waals surface area contributed by atoms with Crippen molar-refractivity contribution in [2.24, 2.45) is 0 Å². The summed E-state index contributed by atoms with van der Waals surface area (Å²) < 4.78 is 29.9. The first-order chi connectivity index (χ1) is 14.1. The van der Waals surface area contributed by atoms with Crippen LogP contribution in [0.25, 0.3) is 22.1 Å². The van der Waals surface area contributed by atoms with Gasteiger partial charge in [-0.15, -0.1) is 0 Å². The highest BCUT2D eigenvalue weighted by Gasteiger charge is 2.27. The maximum Gasteiger partial charge on any atom is 0.309 e. The van der Waals surface area contributed by atoms with Crippen LogP contribution in [0.2, 0.25) is 0 Å². The van der Waals surface area contributed by atoms with Crippen LogP contribution in [0.4, 0.5) is 11.4 Å². The summed E-state index contributed by atoms with van der Waals surface area (Å²) in [7, 11) is -3.66. The molecule has 10 heteroatoms. The van der Waals surface area contributed by atoms with Gasteiger partial charge >= 0.3 is 10.1 Å². The minimum absolute atomic E-state index is 0.0417. The Morgan fingerprint density at radius 1 is 0.931 bits per heavy atom. The van der Waals surface area contributed by atoms with Gasteiger partial charge < -0.3 is 9.50 Å². The predicted octanol–water partition coefficient (Wildman–Crippen LogP) is 3.90. The molecular formula is C19H15N5O3S2. The number of benzene rings is 2. The van der Waals surface area contributed by atoms with Gasteiger partial charge in [0.05, 0.1) is 26.9 Å². The minimum Gasteiger partial charge on any atom is -0.381 e. The molecule has 2 aromatic heterocycles. The summed E-state index contributed by atoms with van der Waals surface area (Å²) in [6.07, 6.45) is 6.97. The van der Waals surface area contributed by atoms with Gasteiger partial charge in [-0.1, -0.05) is 24.8 Å². The second-order valence-corrected chi connectivity index (χ2v) is 9.13. The zero-order valence-electron chi connectivity index (χ0n) is 15.3. The van der Waals surface area contributed by atoms with Gasteiger partial charge in [0, 0.05) is 24.8 Å². The third kappa shape index (κ3) is 3.04. The van der Waals surface area contributed by atoms with Gasteiger partial charge in [-0.25, -0.2) is 0 Å². The van der Waals surface area contributed by atoms with Gasteiger partial charge in [0.15, 0.2) is 5.75 Å². The van der Waals surface area contributed by atoms with Crippen LogP contribution in [0.15, 0.2) is 52.8 Å². The summed E-state index contributed by atoms with van der Waals surface area (Å²) in [5.41, 5.74) is 4.16. The molecule has 2 aromatic carbocycles. The van der Waals surface area contributed by atoms with Crippen molar-refractivity contribution in [3.8, 4) is 5.75 Å². The number of hydrogen-bond acceptors (Lipinski definition) is 9. The van der Waals surface area contributed by atoms with Crippen molar-refractivity contribution in [3.63, 3.8) is 0 Å². The van der Waals surface area contributed by atoms with Gasteiger partial charge in [0.25, 0.3) is 0 Å². The molecule has 1 N–H and O–H groups in total. The molecule has 146 valence electrons. The van der Waals surface area contributed by atoms with Crippen molar-refractivity contribution in [3.05, 3.63) is 43.0 Å². The number of hydrogen-bond donors (Lipinski definition) is 1. The second kappa shape index (κ2) is 6.82. The molecule has 1 aliphatic rings. The molecule has 8 nitrogen and oxygen atoms in total. The SMILES string of the molecule is CCCS(=O)(=O)Oc1cccc2c1Sc1c(c3nccnc3c3nccnc13)N2. The Kier molecular flexibility index (Phi) is 4.25. The summed E-state index contributed by atoms with van der Waals surface area (Å²) in [5, 5.41) is 3.37. The largest absolute Gasteiger partial charge is 0.381 e. The maximum atomic E-state index is 12.2. The van der Waals surface area contributed by atoms with Crippen molar-refractivity contribution in [2.45, 2.75) is 23.1 Å². The molecule has 4 aromatic rings. The first kappa shape index (κ1) is 18.1. The average Bonchev–Trinajstić information content (AvgIpc) is 2.73. The lowest BCUT2D eigenvalue weighted by Gasteiger charge is -2.24. The van der Waals surface area contributed by atoms with Crippen molar-refractivity contribution < 1.29 is 12.6 Å². The molecule has 0 atom stereocenters. The fourth-order valence-electron chi connectivity index (χ4n) is 3.26. The van der Waals surface area contributed by atoms with Crippen LogP contribution in [0.5, 0.6) is 5.75 Å². The molecule has 0 fully saturated rings. The van der Waals surface area contributed by atoms with E-state index in [9.17, 15) is 8.42 Å². The van der Waals surface area contributed by atoms with Crippen LogP contribution in [0.3, 0.4) is 0 Å². The molecule has 0 unspecified atom stereocenters. The lowest BCUT2D eigenvalue weighted by atomic mass is 10.2. The fraction of sp³-hybridized carbons (Fsp3) is 0.158. The van der Waals surface area contributed by atoms with Crippen LogP contribution < -0.4 is 9.50 Å². The Morgan fingerprint density at radius 2 is 1.59 bits per heavy atom. The molecule has 1 aliphatic heterocycles. The highest BCUT2D eigenvalue weighted by molar-refractivity contribution is 8.00. The Hall–Kier alpha value is -2.98. The van der Waals surface area contributed by atoms with Crippen LogP contribution in [-0.4, -0.2) is 34.1 Å². The number of nitrogens with one attached hydrogen (secondary N) is 1. The van der Waals surface area contributed by atoms with E-state index in [1.807, 2.05) is 6.07 Å². The lowest BCUT2D eigenvalue weighted by molar-refractivity contribution is 0.479. The van der Waals surface area contributed by atoms with E-state index in [2.05, 4.69) is 25.3 Å². The summed E-state index contributed by atoms with van der Waals surface area (Å²) in [6, 6.07) is 5.27. The summed E-state index contributed by atoms with van der Waals surface area (Å²) in [4.78, 5) is 19.4. The third-order valence-corrected chi connectivity index (χ3v) is 6.98. The van der Waals surface area contributed by atoms with Gasteiger partial charge in [-0.3, -0.25) is 19.9 Å². The van der Waals surface area contributed by atoms with E-state index in [-0.39, 0.29) is 11.5 Å². The van der Waals surface area contributed by atoms with Gasteiger partial charge in [0.1, 0.15) is 22.1 Å². The van der Waals surface area contributed by atoms with E-state index < -0.39 is 10.1 Å². The topological polar surface area (TPSA) is 107 Å². The second-order valence-electron chi connectivity index (χ2n) is 6.42. The van der Waals surface area contributed by atoms with Crippen LogP contribution in [0.1, 0.15) is 13.3 Å². The molecule has 3 heterocycles. The van der Waals surface area contributed by atoms with Gasteiger partial charge in [-0.2, -0.15) is 8.42 Å². The molecule has 0 saturated heterocycles. The molecule has 0 spiro atoms. The molecule has 0 bridgehead atoms. The molecule has 29 heavy (non-hydrogen) atoms. The highest BCUT2D eigenvalue weighted by Crippen LogP contribution is 2.52. The van der Waals surface area contributed by atoms with Crippen LogP contribution >= 0.6 is 11.8 Å². The van der Waals surface area contributed by atoms with E-state index in [1.54, 1.807) is 43.8 Å². The maximum absolute atomic E-state index is 12.2. The van der Waals surface area contributed by atoms with Crippen molar-refractivity contribution >= 4 is 55.3 Å². The zero-order chi connectivity index (χ0) is 20.0. The summed E-state index contributed by atoms with van der Waals surface area (Å²) in [5.74, 6) is 0.246. The van der Waals surface area contributed by atoms with Gasteiger partial charge in [-0.05, 0) is 18.6 Å². The first-order valence-electron chi connectivity index (χ1n) is 8.95. The number of rotatable bonds is 4. The molecule has 0 saturated carbocycles. The highest BCUT2D eigenvalue weighted by atomic mass is 32.2. The standard InChI is InChI=1S/C19H15N5O3S2/c1-2-10-29(25,26)27-12-5-3-4-11-18(12)28-19-16-14(21-8-9-23-16)13-15(17(19)24-11)22-7-6-20-13/h3-9,24H,2,10H2,1H3. The Labute approximate surface area is 170 Å². The number of fused-ring (bicyclic) bond motifs is 7. The zero-order valence-corrected chi connectivity index (χ0v) is 16.9. The van der Waals surface area contributed by atoms with E-state index in [0.29, 0.717) is 33.4 Å². The lowest BCUT2D eigenvalue weighted by Crippen LogP contribution is -2.14. The molecule has 5 rings (SSSR count). The van der Waals surface area contributed by atoms with Crippen molar-refractivity contribution in [1.29, 1.82) is 0 Å². The number of aromatic nitrogens is 4. The molecule has 0 amide bonds. The van der Waals surface area contributed by atoms with E-state index in [4.69, 9.17) is 4.18 Å². The minimum atomic E-state index is -3.66. The summed E-state index contributed by atoms with van der Waals surface area (Å²) >= 11 is 1.39. The van der Waals surface area contributed by atoms with Crippen LogP contribution in [0, 0.1) is 0 Å². The Morgan fingerprint density at radius 3 is 2.31 bits per heavy atom. The number of anilines is 2. The monoisotopic (exact) mass is 425 g/mol. The smallest absolute Gasteiger partial charge is 0.309 e. The third-order valence-electron chi connectivity index (χ3n) is 4.41. The molecule has 0 radical (unpaired) electrons. The number of nitrogens with zero attached hydrogens (tertiary/aromatic N) is 4. The van der Waals surface area contributed by atoms with E-state index >= 15 is 0 Å². The molecular weight excluding hydrogens is 410 g/mol. The van der Waals surface area contributed by atoms with E-state index in [1.165, 1.54) is 11.8 Å². The normalized spacial score (nSPS) is 13.0. The van der Waals surface area contributed by atoms with E-state index in [0.717, 1.165) is 16.3 Å². The average molecular weight is 425 g/mol.